The second-order valence-electron chi connectivity index (χ2n) is 4.01. The largest absolute Gasteiger partial charge is 0.487 e. The highest BCUT2D eigenvalue weighted by molar-refractivity contribution is 9.10. The summed E-state index contributed by atoms with van der Waals surface area (Å²) in [6.07, 6.45) is 0. The summed E-state index contributed by atoms with van der Waals surface area (Å²) in [6, 6.07) is 8.75. The first-order chi connectivity index (χ1) is 9.95. The Hall–Kier alpha value is -2.48. The molecule has 1 N–H and O–H groups in total. The average molecular weight is 353 g/mol. The molecule has 108 valence electrons. The van der Waals surface area contributed by atoms with Crippen molar-refractivity contribution in [2.24, 2.45) is 0 Å². The number of aromatic nitrogens is 1. The Morgan fingerprint density at radius 1 is 1.38 bits per heavy atom. The molecule has 0 spiro atoms. The van der Waals surface area contributed by atoms with Crippen molar-refractivity contribution < 1.29 is 19.6 Å². The molecule has 0 radical (unpaired) electrons. The van der Waals surface area contributed by atoms with E-state index in [0.29, 0.717) is 15.9 Å². The van der Waals surface area contributed by atoms with Gasteiger partial charge >= 0.3 is 5.97 Å². The summed E-state index contributed by atoms with van der Waals surface area (Å²) in [6.45, 7) is 0.00866. The predicted molar refractivity (Wildman–Crippen MR) is 76.3 cm³/mol. The summed E-state index contributed by atoms with van der Waals surface area (Å²) in [4.78, 5) is 24.9. The number of rotatable bonds is 5. The van der Waals surface area contributed by atoms with Crippen LogP contribution in [0.15, 0.2) is 40.9 Å². The lowest BCUT2D eigenvalue weighted by Gasteiger charge is -2.06. The molecule has 0 aliphatic rings. The molecular formula is C13H9BrN2O5. The zero-order valence-electron chi connectivity index (χ0n) is 10.5. The summed E-state index contributed by atoms with van der Waals surface area (Å²) < 4.78 is 5.92. The van der Waals surface area contributed by atoms with E-state index in [0.717, 1.165) is 0 Å². The topological polar surface area (TPSA) is 103 Å². The van der Waals surface area contributed by atoms with Crippen LogP contribution in [0.25, 0.3) is 0 Å². The molecule has 0 fully saturated rings. The number of non-ortho nitro benzene ring substituents is 1. The van der Waals surface area contributed by atoms with Crippen molar-refractivity contribution in [2.45, 2.75) is 6.61 Å². The summed E-state index contributed by atoms with van der Waals surface area (Å²) in [5.74, 6) is -0.839. The molecule has 2 rings (SSSR count). The highest BCUT2D eigenvalue weighted by Gasteiger charge is 2.10. The molecule has 0 saturated heterocycles. The predicted octanol–water partition coefficient (Wildman–Crippen LogP) is 3.03. The van der Waals surface area contributed by atoms with Crippen LogP contribution in [0.5, 0.6) is 5.75 Å². The highest BCUT2D eigenvalue weighted by Crippen LogP contribution is 2.26. The third kappa shape index (κ3) is 3.99. The van der Waals surface area contributed by atoms with Crippen molar-refractivity contribution in [1.29, 1.82) is 0 Å². The Morgan fingerprint density at radius 2 is 2.14 bits per heavy atom. The number of carboxylic acids is 1. The monoisotopic (exact) mass is 352 g/mol. The Bertz CT molecular complexity index is 705. The van der Waals surface area contributed by atoms with Crippen LogP contribution in [-0.2, 0) is 6.61 Å². The summed E-state index contributed by atoms with van der Waals surface area (Å²) >= 11 is 3.16. The molecule has 0 atom stereocenters. The van der Waals surface area contributed by atoms with Gasteiger partial charge in [-0.05, 0) is 18.2 Å². The second-order valence-corrected chi connectivity index (χ2v) is 4.93. The number of nitro benzene ring substituents is 1. The summed E-state index contributed by atoms with van der Waals surface area (Å²) in [5, 5.41) is 19.6. The number of nitrogens with zero attached hydrogens (tertiary/aromatic N) is 2. The Kier molecular flexibility index (Phi) is 4.49. The normalized spacial score (nSPS) is 10.1. The molecule has 0 aliphatic heterocycles. The zero-order chi connectivity index (χ0) is 15.4. The lowest BCUT2D eigenvalue weighted by Crippen LogP contribution is -2.05. The van der Waals surface area contributed by atoms with E-state index >= 15 is 0 Å². The van der Waals surface area contributed by atoms with Crippen molar-refractivity contribution in [2.75, 3.05) is 0 Å². The van der Waals surface area contributed by atoms with Gasteiger partial charge in [-0.2, -0.15) is 0 Å². The molecule has 8 heteroatoms. The molecule has 2 aromatic rings. The first kappa shape index (κ1) is 14.9. The van der Waals surface area contributed by atoms with Gasteiger partial charge in [0.1, 0.15) is 18.1 Å². The molecule has 0 amide bonds. The maximum atomic E-state index is 10.8. The van der Waals surface area contributed by atoms with Crippen molar-refractivity contribution in [1.82, 2.24) is 4.98 Å². The third-order valence-electron chi connectivity index (χ3n) is 2.48. The molecular weight excluding hydrogens is 344 g/mol. The van der Waals surface area contributed by atoms with Crippen LogP contribution in [-0.4, -0.2) is 21.0 Å². The lowest BCUT2D eigenvalue weighted by atomic mass is 10.3. The highest BCUT2D eigenvalue weighted by atomic mass is 79.9. The molecule has 0 unspecified atom stereocenters. The Balaban J connectivity index is 2.14. The van der Waals surface area contributed by atoms with Gasteiger partial charge in [0.15, 0.2) is 0 Å². The number of ether oxygens (including phenoxy) is 1. The summed E-state index contributed by atoms with van der Waals surface area (Å²) in [7, 11) is 0. The second kappa shape index (κ2) is 6.31. The lowest BCUT2D eigenvalue weighted by molar-refractivity contribution is -0.385. The van der Waals surface area contributed by atoms with E-state index in [4.69, 9.17) is 9.84 Å². The van der Waals surface area contributed by atoms with Gasteiger partial charge in [0, 0.05) is 10.5 Å². The number of aromatic carboxylic acids is 1. The first-order valence-corrected chi connectivity index (χ1v) is 6.52. The average Bonchev–Trinajstić information content (AvgIpc) is 2.45. The number of benzene rings is 1. The number of pyridine rings is 1. The summed E-state index contributed by atoms with van der Waals surface area (Å²) in [5.41, 5.74) is 0.223. The van der Waals surface area contributed by atoms with Crippen LogP contribution in [0.2, 0.25) is 0 Å². The van der Waals surface area contributed by atoms with Crippen molar-refractivity contribution >= 4 is 27.6 Å². The van der Waals surface area contributed by atoms with Crippen molar-refractivity contribution in [3.8, 4) is 5.75 Å². The van der Waals surface area contributed by atoms with E-state index in [9.17, 15) is 14.9 Å². The van der Waals surface area contributed by atoms with Crippen LogP contribution in [0.3, 0.4) is 0 Å². The first-order valence-electron chi connectivity index (χ1n) is 5.73. The Labute approximate surface area is 127 Å². The molecule has 1 aromatic heterocycles. The third-order valence-corrected chi connectivity index (χ3v) is 2.94. The van der Waals surface area contributed by atoms with Crippen LogP contribution in [0.1, 0.15) is 16.2 Å². The van der Waals surface area contributed by atoms with E-state index < -0.39 is 10.9 Å². The number of hydrogen-bond donors (Lipinski definition) is 1. The van der Waals surface area contributed by atoms with Gasteiger partial charge in [-0.25, -0.2) is 9.78 Å². The van der Waals surface area contributed by atoms with E-state index in [1.54, 1.807) is 18.2 Å². The van der Waals surface area contributed by atoms with Crippen molar-refractivity contribution in [3.63, 3.8) is 0 Å². The number of hydrogen-bond acceptors (Lipinski definition) is 5. The molecule has 0 saturated carbocycles. The van der Waals surface area contributed by atoms with Gasteiger partial charge in [-0.15, -0.1) is 0 Å². The van der Waals surface area contributed by atoms with Gasteiger partial charge in [0.2, 0.25) is 0 Å². The van der Waals surface area contributed by atoms with Gasteiger partial charge in [-0.1, -0.05) is 22.0 Å². The number of nitro groups is 1. The molecule has 1 heterocycles. The molecule has 21 heavy (non-hydrogen) atoms. The van der Waals surface area contributed by atoms with E-state index in [1.807, 2.05) is 0 Å². The zero-order valence-corrected chi connectivity index (χ0v) is 12.1. The van der Waals surface area contributed by atoms with Crippen molar-refractivity contribution in [3.05, 3.63) is 62.4 Å². The quantitative estimate of drug-likeness (QED) is 0.655. The minimum absolute atomic E-state index is 0.00866. The van der Waals surface area contributed by atoms with Crippen LogP contribution in [0, 0.1) is 10.1 Å². The molecule has 7 nitrogen and oxygen atoms in total. The smallest absolute Gasteiger partial charge is 0.354 e. The standard InChI is InChI=1S/C13H9BrN2O5/c14-8-4-10(16(19)20)6-11(5-8)21-7-9-2-1-3-12(15-9)13(17)18/h1-6H,7H2,(H,17,18). The van der Waals surface area contributed by atoms with Gasteiger partial charge in [0.05, 0.1) is 16.7 Å². The molecule has 0 aliphatic carbocycles. The Morgan fingerprint density at radius 3 is 2.81 bits per heavy atom. The number of carbonyl (C=O) groups is 1. The minimum Gasteiger partial charge on any atom is -0.487 e. The van der Waals surface area contributed by atoms with E-state index in [-0.39, 0.29) is 18.0 Å². The van der Waals surface area contributed by atoms with Gasteiger partial charge in [-0.3, -0.25) is 10.1 Å². The maximum Gasteiger partial charge on any atom is 0.354 e. The molecule has 1 aromatic carbocycles. The van der Waals surface area contributed by atoms with Crippen LogP contribution < -0.4 is 4.74 Å². The number of carboxylic acid groups (broad SMARTS) is 1. The van der Waals surface area contributed by atoms with E-state index in [1.165, 1.54) is 18.2 Å². The van der Waals surface area contributed by atoms with Crippen LogP contribution >= 0.6 is 15.9 Å². The fourth-order valence-corrected chi connectivity index (χ4v) is 2.03. The number of halogens is 1. The minimum atomic E-state index is -1.13. The van der Waals surface area contributed by atoms with Gasteiger partial charge < -0.3 is 9.84 Å². The maximum absolute atomic E-state index is 10.8. The van der Waals surface area contributed by atoms with Crippen LogP contribution in [0.4, 0.5) is 5.69 Å². The fraction of sp³-hybridized carbons (Fsp3) is 0.0769. The fourth-order valence-electron chi connectivity index (χ4n) is 1.57. The SMILES string of the molecule is O=C(O)c1cccc(COc2cc(Br)cc([N+](=O)[O-])c2)n1. The van der Waals surface area contributed by atoms with Gasteiger partial charge in [0.25, 0.3) is 5.69 Å². The molecule has 0 bridgehead atoms. The van der Waals surface area contributed by atoms with E-state index in [2.05, 4.69) is 20.9 Å².